The summed E-state index contributed by atoms with van der Waals surface area (Å²) in [7, 11) is 2.11. The predicted molar refractivity (Wildman–Crippen MR) is 80.5 cm³/mol. The summed E-state index contributed by atoms with van der Waals surface area (Å²) < 4.78 is 0. The van der Waals surface area contributed by atoms with E-state index in [4.69, 9.17) is 0 Å². The van der Waals surface area contributed by atoms with Gasteiger partial charge in [-0.2, -0.15) is 11.8 Å². The molecular formula is C15H23NOS. The Kier molecular flexibility index (Phi) is 7.06. The average molecular weight is 265 g/mol. The number of thioether (sulfide) groups is 1. The van der Waals surface area contributed by atoms with Gasteiger partial charge in [0, 0.05) is 30.3 Å². The van der Waals surface area contributed by atoms with E-state index >= 15 is 0 Å². The van der Waals surface area contributed by atoms with Crippen molar-refractivity contribution in [1.82, 2.24) is 4.90 Å². The van der Waals surface area contributed by atoms with Gasteiger partial charge in [-0.15, -0.1) is 0 Å². The fourth-order valence-electron chi connectivity index (χ4n) is 1.98. The molecule has 1 rings (SSSR count). The van der Waals surface area contributed by atoms with E-state index in [-0.39, 0.29) is 5.78 Å². The van der Waals surface area contributed by atoms with E-state index in [1.54, 1.807) is 0 Å². The zero-order valence-electron chi connectivity index (χ0n) is 11.6. The van der Waals surface area contributed by atoms with Gasteiger partial charge in [-0.25, -0.2) is 0 Å². The smallest absolute Gasteiger partial charge is 0.164 e. The van der Waals surface area contributed by atoms with Crippen LogP contribution in [0.25, 0.3) is 0 Å². The first-order valence-electron chi connectivity index (χ1n) is 6.46. The van der Waals surface area contributed by atoms with Crippen molar-refractivity contribution in [2.24, 2.45) is 0 Å². The van der Waals surface area contributed by atoms with Crippen LogP contribution >= 0.6 is 11.8 Å². The molecule has 1 aromatic carbocycles. The third-order valence-electron chi connectivity index (χ3n) is 3.24. The maximum Gasteiger partial charge on any atom is 0.164 e. The molecule has 0 fully saturated rings. The number of hydrogen-bond acceptors (Lipinski definition) is 3. The first kappa shape index (κ1) is 15.3. The van der Waals surface area contributed by atoms with Crippen molar-refractivity contribution in [3.8, 4) is 0 Å². The Balaban J connectivity index is 2.42. The van der Waals surface area contributed by atoms with E-state index < -0.39 is 0 Å². The first-order valence-corrected chi connectivity index (χ1v) is 7.85. The van der Waals surface area contributed by atoms with Crippen LogP contribution < -0.4 is 0 Å². The fraction of sp³-hybridized carbons (Fsp3) is 0.533. The highest BCUT2D eigenvalue weighted by atomic mass is 32.2. The van der Waals surface area contributed by atoms with Crippen molar-refractivity contribution in [1.29, 1.82) is 0 Å². The van der Waals surface area contributed by atoms with Gasteiger partial charge in [-0.3, -0.25) is 4.79 Å². The van der Waals surface area contributed by atoms with Crippen molar-refractivity contribution in [3.63, 3.8) is 0 Å². The van der Waals surface area contributed by atoms with E-state index in [1.807, 2.05) is 42.1 Å². The van der Waals surface area contributed by atoms with Gasteiger partial charge in [0.05, 0.1) is 0 Å². The summed E-state index contributed by atoms with van der Waals surface area (Å²) in [5.74, 6) is 1.37. The molecule has 3 heteroatoms. The fourth-order valence-corrected chi connectivity index (χ4v) is 2.85. The van der Waals surface area contributed by atoms with Crippen LogP contribution in [0.5, 0.6) is 0 Å². The van der Waals surface area contributed by atoms with Gasteiger partial charge in [0.1, 0.15) is 0 Å². The highest BCUT2D eigenvalue weighted by Gasteiger charge is 2.13. The van der Waals surface area contributed by atoms with Gasteiger partial charge < -0.3 is 4.90 Å². The number of Topliss-reactive ketones (excluding diaryl/α,β-unsaturated/α-hetero) is 1. The molecule has 0 aliphatic heterocycles. The molecule has 0 aliphatic rings. The molecule has 0 amide bonds. The Hall–Kier alpha value is -0.800. The Morgan fingerprint density at radius 2 is 2.00 bits per heavy atom. The number of ketones is 1. The zero-order valence-corrected chi connectivity index (χ0v) is 12.4. The molecule has 0 N–H and O–H groups in total. The molecule has 1 unspecified atom stereocenters. The number of carbonyl (C=O) groups excluding carboxylic acids is 1. The molecule has 0 radical (unpaired) electrons. The maximum absolute atomic E-state index is 12.0. The molecule has 2 nitrogen and oxygen atoms in total. The summed E-state index contributed by atoms with van der Waals surface area (Å²) in [5.41, 5.74) is 0.823. The second kappa shape index (κ2) is 8.33. The molecule has 100 valence electrons. The summed E-state index contributed by atoms with van der Waals surface area (Å²) >= 11 is 1.87. The molecule has 0 spiro atoms. The molecule has 18 heavy (non-hydrogen) atoms. The first-order chi connectivity index (χ1) is 8.69. The molecule has 0 saturated carbocycles. The lowest BCUT2D eigenvalue weighted by molar-refractivity contribution is 0.0962. The Morgan fingerprint density at radius 1 is 1.33 bits per heavy atom. The van der Waals surface area contributed by atoms with E-state index in [0.717, 1.165) is 24.3 Å². The van der Waals surface area contributed by atoms with Crippen LogP contribution in [0.1, 0.15) is 30.1 Å². The quantitative estimate of drug-likeness (QED) is 0.672. The lowest BCUT2D eigenvalue weighted by atomic mass is 10.1. The van der Waals surface area contributed by atoms with Crippen LogP contribution in [-0.2, 0) is 0 Å². The molecule has 0 heterocycles. The highest BCUT2D eigenvalue weighted by molar-refractivity contribution is 7.98. The second-order valence-corrected chi connectivity index (χ2v) is 5.45. The zero-order chi connectivity index (χ0) is 13.4. The molecule has 0 saturated heterocycles. The van der Waals surface area contributed by atoms with Crippen molar-refractivity contribution in [2.75, 3.05) is 25.6 Å². The van der Waals surface area contributed by atoms with Crippen LogP contribution in [0, 0.1) is 0 Å². The van der Waals surface area contributed by atoms with Crippen molar-refractivity contribution >= 4 is 17.5 Å². The van der Waals surface area contributed by atoms with Gasteiger partial charge in [0.2, 0.25) is 0 Å². The van der Waals surface area contributed by atoms with Crippen LogP contribution in [0.2, 0.25) is 0 Å². The van der Waals surface area contributed by atoms with Gasteiger partial charge in [-0.1, -0.05) is 37.3 Å². The van der Waals surface area contributed by atoms with Crippen LogP contribution in [0.3, 0.4) is 0 Å². The average Bonchev–Trinajstić information content (AvgIpc) is 2.42. The number of nitrogens with zero attached hydrogens (tertiary/aromatic N) is 1. The molecule has 0 aliphatic carbocycles. The molecule has 1 aromatic rings. The van der Waals surface area contributed by atoms with E-state index in [2.05, 4.69) is 25.1 Å². The Labute approximate surface area is 115 Å². The largest absolute Gasteiger partial charge is 0.302 e. The summed E-state index contributed by atoms with van der Waals surface area (Å²) in [6.07, 6.45) is 3.87. The number of hydrogen-bond donors (Lipinski definition) is 0. The van der Waals surface area contributed by atoms with Crippen LogP contribution in [0.4, 0.5) is 0 Å². The van der Waals surface area contributed by atoms with Crippen molar-refractivity contribution in [2.45, 2.75) is 25.8 Å². The molecule has 1 atom stereocenters. The van der Waals surface area contributed by atoms with E-state index in [0.29, 0.717) is 12.5 Å². The maximum atomic E-state index is 12.0. The highest BCUT2D eigenvalue weighted by Crippen LogP contribution is 2.10. The number of carbonyl (C=O) groups is 1. The van der Waals surface area contributed by atoms with Crippen LogP contribution in [-0.4, -0.2) is 42.3 Å². The minimum absolute atomic E-state index is 0.237. The van der Waals surface area contributed by atoms with Crippen molar-refractivity contribution in [3.05, 3.63) is 35.9 Å². The van der Waals surface area contributed by atoms with Gasteiger partial charge in [-0.05, 0) is 19.7 Å². The van der Waals surface area contributed by atoms with Crippen LogP contribution in [0.15, 0.2) is 30.3 Å². The number of rotatable bonds is 8. The topological polar surface area (TPSA) is 20.3 Å². The Bertz CT molecular complexity index is 353. The minimum Gasteiger partial charge on any atom is -0.302 e. The summed E-state index contributed by atoms with van der Waals surface area (Å²) in [6, 6.07) is 10.1. The number of benzene rings is 1. The summed E-state index contributed by atoms with van der Waals surface area (Å²) in [6.45, 7) is 3.04. The molecular weight excluding hydrogens is 242 g/mol. The third kappa shape index (κ3) is 4.83. The van der Waals surface area contributed by atoms with E-state index in [9.17, 15) is 4.79 Å². The minimum atomic E-state index is 0.237. The standard InChI is InChI=1S/C15H23NOS/c1-4-14(12-18-3)16(2)11-10-15(17)13-8-6-5-7-9-13/h5-9,14H,4,10-12H2,1-3H3. The SMILES string of the molecule is CCC(CSC)N(C)CCC(=O)c1ccccc1. The Morgan fingerprint density at radius 3 is 2.56 bits per heavy atom. The molecule has 0 bridgehead atoms. The second-order valence-electron chi connectivity index (χ2n) is 4.54. The van der Waals surface area contributed by atoms with Gasteiger partial charge in [0.15, 0.2) is 5.78 Å². The van der Waals surface area contributed by atoms with Gasteiger partial charge >= 0.3 is 0 Å². The lowest BCUT2D eigenvalue weighted by Gasteiger charge is -2.26. The predicted octanol–water partition coefficient (Wildman–Crippen LogP) is 3.33. The monoisotopic (exact) mass is 265 g/mol. The lowest BCUT2D eigenvalue weighted by Crippen LogP contribution is -2.34. The summed E-state index contributed by atoms with van der Waals surface area (Å²) in [5, 5.41) is 0. The van der Waals surface area contributed by atoms with Gasteiger partial charge in [0.25, 0.3) is 0 Å². The third-order valence-corrected chi connectivity index (χ3v) is 3.96. The normalized spacial score (nSPS) is 12.7. The van der Waals surface area contributed by atoms with E-state index in [1.165, 1.54) is 0 Å². The van der Waals surface area contributed by atoms with Crippen molar-refractivity contribution < 1.29 is 4.79 Å². The molecule has 0 aromatic heterocycles. The summed E-state index contributed by atoms with van der Waals surface area (Å²) in [4.78, 5) is 14.3.